The number of hydrogen-bond donors (Lipinski definition) is 1. The van der Waals surface area contributed by atoms with Crippen molar-refractivity contribution in [2.75, 3.05) is 0 Å². The molecule has 1 aromatic heterocycles. The molecule has 0 spiro atoms. The van der Waals surface area contributed by atoms with E-state index in [1.807, 2.05) is 11.3 Å². The molecule has 3 heteroatoms. The topological polar surface area (TPSA) is 37.3 Å². The molecule has 17 heavy (non-hydrogen) atoms. The molecule has 1 heterocycles. The quantitative estimate of drug-likeness (QED) is 0.883. The van der Waals surface area contributed by atoms with Crippen molar-refractivity contribution in [3.8, 4) is 0 Å². The minimum Gasteiger partial charge on any atom is -0.481 e. The van der Waals surface area contributed by atoms with E-state index in [1.54, 1.807) is 0 Å². The molecule has 1 atom stereocenters. The minimum absolute atomic E-state index is 0.296. The lowest BCUT2D eigenvalue weighted by atomic mass is 9.89. The molecule has 1 fully saturated rings. The van der Waals surface area contributed by atoms with E-state index in [2.05, 4.69) is 5.38 Å². The largest absolute Gasteiger partial charge is 0.481 e. The predicted octanol–water partition coefficient (Wildman–Crippen LogP) is 3.91. The summed E-state index contributed by atoms with van der Waals surface area (Å²) in [6.07, 6.45) is 7.78. The van der Waals surface area contributed by atoms with Crippen LogP contribution in [0.25, 0.3) is 0 Å². The number of fused-ring (bicyclic) bond motifs is 1. The van der Waals surface area contributed by atoms with Crippen molar-refractivity contribution in [3.63, 3.8) is 0 Å². The molecule has 0 radical (unpaired) electrons. The summed E-state index contributed by atoms with van der Waals surface area (Å²) in [7, 11) is 0. The Morgan fingerprint density at radius 1 is 1.35 bits per heavy atom. The van der Waals surface area contributed by atoms with Crippen molar-refractivity contribution in [2.24, 2.45) is 0 Å². The molecule has 0 bridgehead atoms. The fraction of sp³-hybridized carbons (Fsp3) is 0.643. The molecular weight excluding hydrogens is 232 g/mol. The molecule has 92 valence electrons. The molecule has 1 unspecified atom stereocenters. The normalized spacial score (nSPS) is 24.1. The van der Waals surface area contributed by atoms with E-state index in [-0.39, 0.29) is 0 Å². The first-order valence-electron chi connectivity index (χ1n) is 6.57. The number of aryl methyl sites for hydroxylation is 1. The Kier molecular flexibility index (Phi) is 2.95. The molecule has 2 aliphatic carbocycles. The lowest BCUT2D eigenvalue weighted by Crippen LogP contribution is -2.05. The van der Waals surface area contributed by atoms with Crippen molar-refractivity contribution in [3.05, 3.63) is 21.4 Å². The number of aliphatic carboxylic acids is 1. The number of carboxylic acids is 1. The summed E-state index contributed by atoms with van der Waals surface area (Å²) in [5.74, 6) is 0.375. The Bertz CT molecular complexity index is 429. The molecule has 1 N–H and O–H groups in total. The van der Waals surface area contributed by atoms with Gasteiger partial charge in [0.15, 0.2) is 0 Å². The maximum absolute atomic E-state index is 10.9. The monoisotopic (exact) mass is 250 g/mol. The van der Waals surface area contributed by atoms with Crippen molar-refractivity contribution in [1.29, 1.82) is 0 Å². The SMILES string of the molecule is O=C(O)CC1CCc2scc(C3CCCC3)c21. The summed E-state index contributed by atoms with van der Waals surface area (Å²) >= 11 is 1.86. The van der Waals surface area contributed by atoms with Crippen LogP contribution in [-0.4, -0.2) is 11.1 Å². The highest BCUT2D eigenvalue weighted by Gasteiger charge is 2.32. The highest BCUT2D eigenvalue weighted by Crippen LogP contribution is 2.47. The van der Waals surface area contributed by atoms with Crippen molar-refractivity contribution in [2.45, 2.75) is 56.8 Å². The van der Waals surface area contributed by atoms with Gasteiger partial charge in [-0.05, 0) is 54.0 Å². The van der Waals surface area contributed by atoms with E-state index in [9.17, 15) is 4.79 Å². The summed E-state index contributed by atoms with van der Waals surface area (Å²) in [6.45, 7) is 0. The number of thiophene rings is 1. The van der Waals surface area contributed by atoms with Gasteiger partial charge in [0, 0.05) is 4.88 Å². The van der Waals surface area contributed by atoms with Gasteiger partial charge in [-0.25, -0.2) is 0 Å². The molecule has 0 aromatic carbocycles. The molecular formula is C14H18O2S. The Morgan fingerprint density at radius 2 is 2.12 bits per heavy atom. The average molecular weight is 250 g/mol. The fourth-order valence-electron chi connectivity index (χ4n) is 3.50. The van der Waals surface area contributed by atoms with Crippen LogP contribution in [0.3, 0.4) is 0 Å². The van der Waals surface area contributed by atoms with Gasteiger partial charge in [0.25, 0.3) is 0 Å². The molecule has 0 amide bonds. The van der Waals surface area contributed by atoms with Crippen molar-refractivity contribution in [1.82, 2.24) is 0 Å². The fourth-order valence-corrected chi connectivity index (χ4v) is 4.73. The van der Waals surface area contributed by atoms with Crippen LogP contribution in [-0.2, 0) is 11.2 Å². The lowest BCUT2D eigenvalue weighted by Gasteiger charge is -2.14. The predicted molar refractivity (Wildman–Crippen MR) is 68.8 cm³/mol. The smallest absolute Gasteiger partial charge is 0.303 e. The Balaban J connectivity index is 1.89. The van der Waals surface area contributed by atoms with Crippen molar-refractivity contribution < 1.29 is 9.90 Å². The molecule has 0 saturated heterocycles. The first kappa shape index (κ1) is 11.3. The highest BCUT2D eigenvalue weighted by molar-refractivity contribution is 7.10. The van der Waals surface area contributed by atoms with E-state index >= 15 is 0 Å². The zero-order valence-electron chi connectivity index (χ0n) is 9.95. The molecule has 1 saturated carbocycles. The zero-order chi connectivity index (χ0) is 11.8. The first-order valence-corrected chi connectivity index (χ1v) is 7.45. The second-order valence-corrected chi connectivity index (χ2v) is 6.31. The molecule has 3 rings (SSSR count). The van der Waals surface area contributed by atoms with E-state index in [0.29, 0.717) is 12.3 Å². The van der Waals surface area contributed by atoms with Gasteiger partial charge in [-0.2, -0.15) is 0 Å². The van der Waals surface area contributed by atoms with Gasteiger partial charge in [-0.15, -0.1) is 11.3 Å². The van der Waals surface area contributed by atoms with Crippen LogP contribution in [0, 0.1) is 0 Å². The number of hydrogen-bond acceptors (Lipinski definition) is 2. The lowest BCUT2D eigenvalue weighted by molar-refractivity contribution is -0.137. The van der Waals surface area contributed by atoms with E-state index in [0.717, 1.165) is 18.8 Å². The van der Waals surface area contributed by atoms with Crippen LogP contribution in [0.1, 0.15) is 66.4 Å². The van der Waals surface area contributed by atoms with Gasteiger partial charge in [0.1, 0.15) is 0 Å². The Labute approximate surface area is 106 Å². The summed E-state index contributed by atoms with van der Waals surface area (Å²) in [4.78, 5) is 12.4. The van der Waals surface area contributed by atoms with Gasteiger partial charge in [-0.3, -0.25) is 4.79 Å². The van der Waals surface area contributed by atoms with Gasteiger partial charge in [0.2, 0.25) is 0 Å². The third kappa shape index (κ3) is 2.01. The molecule has 0 aliphatic heterocycles. The summed E-state index contributed by atoms with van der Waals surface area (Å²) in [5.41, 5.74) is 2.94. The van der Waals surface area contributed by atoms with E-state index in [1.165, 1.54) is 41.7 Å². The van der Waals surface area contributed by atoms with Crippen LogP contribution in [0.4, 0.5) is 0 Å². The van der Waals surface area contributed by atoms with Crippen molar-refractivity contribution >= 4 is 17.3 Å². The number of rotatable bonds is 3. The standard InChI is InChI=1S/C14H18O2S/c15-13(16)7-10-5-6-12-14(10)11(8-17-12)9-3-1-2-4-9/h8-10H,1-7H2,(H,15,16). The maximum Gasteiger partial charge on any atom is 0.303 e. The van der Waals surface area contributed by atoms with E-state index in [4.69, 9.17) is 5.11 Å². The summed E-state index contributed by atoms with van der Waals surface area (Å²) < 4.78 is 0. The summed E-state index contributed by atoms with van der Waals surface area (Å²) in [6, 6.07) is 0. The second kappa shape index (κ2) is 4.45. The van der Waals surface area contributed by atoms with Crippen LogP contribution in [0.5, 0.6) is 0 Å². The minimum atomic E-state index is -0.647. The van der Waals surface area contributed by atoms with Crippen LogP contribution >= 0.6 is 11.3 Å². The number of carbonyl (C=O) groups is 1. The Morgan fingerprint density at radius 3 is 2.82 bits per heavy atom. The average Bonchev–Trinajstić information content (AvgIpc) is 2.94. The van der Waals surface area contributed by atoms with Gasteiger partial charge in [0.05, 0.1) is 6.42 Å². The molecule has 1 aromatic rings. The highest BCUT2D eigenvalue weighted by atomic mass is 32.1. The zero-order valence-corrected chi connectivity index (χ0v) is 10.8. The van der Waals surface area contributed by atoms with Crippen LogP contribution in [0.15, 0.2) is 5.38 Å². The first-order chi connectivity index (χ1) is 8.25. The van der Waals surface area contributed by atoms with Crippen LogP contribution < -0.4 is 0 Å². The van der Waals surface area contributed by atoms with Gasteiger partial charge < -0.3 is 5.11 Å². The number of carboxylic acid groups (broad SMARTS) is 1. The Hall–Kier alpha value is -0.830. The van der Waals surface area contributed by atoms with E-state index < -0.39 is 5.97 Å². The third-order valence-corrected chi connectivity index (χ3v) is 5.36. The van der Waals surface area contributed by atoms with Gasteiger partial charge in [-0.1, -0.05) is 12.8 Å². The van der Waals surface area contributed by atoms with Gasteiger partial charge >= 0.3 is 5.97 Å². The summed E-state index contributed by atoms with van der Waals surface area (Å²) in [5, 5.41) is 11.3. The maximum atomic E-state index is 10.9. The molecule has 2 aliphatic rings. The molecule has 2 nitrogen and oxygen atoms in total. The van der Waals surface area contributed by atoms with Crippen LogP contribution in [0.2, 0.25) is 0 Å². The third-order valence-electron chi connectivity index (χ3n) is 4.28. The second-order valence-electron chi connectivity index (χ2n) is 5.34.